The number of rotatable bonds is 18. The largest absolute Gasteiger partial charge is 0.463 e. The van der Waals surface area contributed by atoms with E-state index in [4.69, 9.17) is 4.74 Å². The first-order valence-corrected chi connectivity index (χ1v) is 11.5. The van der Waals surface area contributed by atoms with Gasteiger partial charge in [-0.1, -0.05) is 103 Å². The Morgan fingerprint density at radius 1 is 0.654 bits per heavy atom. The summed E-state index contributed by atoms with van der Waals surface area (Å²) < 4.78 is 5.14. The van der Waals surface area contributed by atoms with Gasteiger partial charge < -0.3 is 4.74 Å². The second-order valence-electron chi connectivity index (χ2n) is 7.68. The van der Waals surface area contributed by atoms with Crippen molar-refractivity contribution in [1.29, 1.82) is 0 Å². The van der Waals surface area contributed by atoms with E-state index in [0.717, 1.165) is 18.4 Å². The van der Waals surface area contributed by atoms with Crippen LogP contribution in [0.2, 0.25) is 0 Å². The van der Waals surface area contributed by atoms with Crippen LogP contribution in [0, 0.1) is 0 Å². The first-order valence-electron chi connectivity index (χ1n) is 11.5. The molecule has 0 unspecified atom stereocenters. The molecule has 0 aromatic rings. The van der Waals surface area contributed by atoms with Crippen LogP contribution in [0.3, 0.4) is 0 Å². The number of carbonyl (C=O) groups is 1. The predicted octanol–water partition coefficient (Wildman–Crippen LogP) is 8.15. The van der Waals surface area contributed by atoms with Crippen LogP contribution in [0.25, 0.3) is 0 Å². The normalized spacial score (nSPS) is 12.2. The van der Waals surface area contributed by atoms with Gasteiger partial charge in [-0.05, 0) is 33.1 Å². The van der Waals surface area contributed by atoms with Gasteiger partial charge in [-0.25, -0.2) is 4.79 Å². The van der Waals surface area contributed by atoms with Crippen LogP contribution in [0.1, 0.15) is 130 Å². The Kier molecular flexibility index (Phi) is 18.4. The average molecular weight is 367 g/mol. The second kappa shape index (κ2) is 19.0. The SMILES string of the molecule is CCCCCCCCCCCCCCCCC(C)=C(CC)C(=O)OCC. The van der Waals surface area contributed by atoms with Crippen molar-refractivity contribution in [1.82, 2.24) is 0 Å². The zero-order valence-electron chi connectivity index (χ0n) is 18.3. The molecule has 0 amide bonds. The molecule has 0 aliphatic carbocycles. The van der Waals surface area contributed by atoms with Crippen molar-refractivity contribution >= 4 is 5.97 Å². The van der Waals surface area contributed by atoms with Gasteiger partial charge in [0.25, 0.3) is 0 Å². The number of carbonyl (C=O) groups excluding carboxylic acids is 1. The van der Waals surface area contributed by atoms with Gasteiger partial charge in [-0.2, -0.15) is 0 Å². The summed E-state index contributed by atoms with van der Waals surface area (Å²) >= 11 is 0. The summed E-state index contributed by atoms with van der Waals surface area (Å²) in [6, 6.07) is 0. The van der Waals surface area contributed by atoms with Gasteiger partial charge in [0.15, 0.2) is 0 Å². The molecule has 154 valence electrons. The molecule has 0 spiro atoms. The van der Waals surface area contributed by atoms with Gasteiger partial charge in [0.1, 0.15) is 0 Å². The van der Waals surface area contributed by atoms with Crippen LogP contribution >= 0.6 is 0 Å². The van der Waals surface area contributed by atoms with Gasteiger partial charge in [-0.3, -0.25) is 0 Å². The first-order chi connectivity index (χ1) is 12.7. The number of ether oxygens (including phenoxy) is 1. The molecular formula is C24H46O2. The highest BCUT2D eigenvalue weighted by Gasteiger charge is 2.11. The van der Waals surface area contributed by atoms with Crippen LogP contribution in [-0.2, 0) is 9.53 Å². The summed E-state index contributed by atoms with van der Waals surface area (Å²) in [5.74, 6) is -0.113. The Morgan fingerprint density at radius 2 is 1.08 bits per heavy atom. The maximum Gasteiger partial charge on any atom is 0.333 e. The van der Waals surface area contributed by atoms with Crippen LogP contribution in [0.5, 0.6) is 0 Å². The molecule has 26 heavy (non-hydrogen) atoms. The lowest BCUT2D eigenvalue weighted by atomic mass is 10.00. The highest BCUT2D eigenvalue weighted by atomic mass is 16.5. The van der Waals surface area contributed by atoms with E-state index in [1.165, 1.54) is 95.5 Å². The fourth-order valence-electron chi connectivity index (χ4n) is 3.57. The molecule has 2 heteroatoms. The van der Waals surface area contributed by atoms with Crippen LogP contribution < -0.4 is 0 Å². The summed E-state index contributed by atoms with van der Waals surface area (Å²) in [6.45, 7) is 8.76. The topological polar surface area (TPSA) is 26.3 Å². The van der Waals surface area contributed by atoms with Gasteiger partial charge in [0.05, 0.1) is 6.61 Å². The summed E-state index contributed by atoms with van der Waals surface area (Å²) in [5, 5.41) is 0. The average Bonchev–Trinajstić information content (AvgIpc) is 2.63. The summed E-state index contributed by atoms with van der Waals surface area (Å²) in [5.41, 5.74) is 2.12. The molecule has 0 atom stereocenters. The van der Waals surface area contributed by atoms with Crippen molar-refractivity contribution in [2.75, 3.05) is 6.61 Å². The standard InChI is InChI=1S/C24H46O2/c1-5-8-9-10-11-12-13-14-15-16-17-18-19-20-21-22(4)23(6-2)24(25)26-7-3/h5-21H2,1-4H3. The minimum absolute atomic E-state index is 0.113. The molecule has 0 heterocycles. The maximum absolute atomic E-state index is 11.9. The molecule has 0 radical (unpaired) electrons. The third-order valence-electron chi connectivity index (χ3n) is 5.30. The molecule has 0 rings (SSSR count). The second-order valence-corrected chi connectivity index (χ2v) is 7.68. The van der Waals surface area contributed by atoms with E-state index >= 15 is 0 Å². The van der Waals surface area contributed by atoms with Crippen molar-refractivity contribution in [3.63, 3.8) is 0 Å². The molecule has 0 fully saturated rings. The summed E-state index contributed by atoms with van der Waals surface area (Å²) in [6.07, 6.45) is 21.2. The first kappa shape index (κ1) is 25.2. The van der Waals surface area contributed by atoms with E-state index in [-0.39, 0.29) is 5.97 Å². The van der Waals surface area contributed by atoms with Crippen molar-refractivity contribution in [3.8, 4) is 0 Å². The Hall–Kier alpha value is -0.790. The number of esters is 1. The summed E-state index contributed by atoms with van der Waals surface area (Å²) in [7, 11) is 0. The molecule has 0 bridgehead atoms. The minimum Gasteiger partial charge on any atom is -0.463 e. The zero-order chi connectivity index (χ0) is 19.5. The van der Waals surface area contributed by atoms with E-state index in [1.54, 1.807) is 0 Å². The van der Waals surface area contributed by atoms with Crippen molar-refractivity contribution in [3.05, 3.63) is 11.1 Å². The number of hydrogen-bond acceptors (Lipinski definition) is 2. The van der Waals surface area contributed by atoms with Crippen LogP contribution in [0.15, 0.2) is 11.1 Å². The molecule has 0 saturated heterocycles. The zero-order valence-corrected chi connectivity index (χ0v) is 18.3. The fourth-order valence-corrected chi connectivity index (χ4v) is 3.57. The van der Waals surface area contributed by atoms with Crippen molar-refractivity contribution in [2.45, 2.75) is 130 Å². The van der Waals surface area contributed by atoms with Gasteiger partial charge >= 0.3 is 5.97 Å². The van der Waals surface area contributed by atoms with Crippen molar-refractivity contribution < 1.29 is 9.53 Å². The lowest BCUT2D eigenvalue weighted by molar-refractivity contribution is -0.138. The van der Waals surface area contributed by atoms with Crippen LogP contribution in [0.4, 0.5) is 0 Å². The molecule has 0 saturated carbocycles. The predicted molar refractivity (Wildman–Crippen MR) is 115 cm³/mol. The Morgan fingerprint density at radius 3 is 1.46 bits per heavy atom. The Bertz CT molecular complexity index is 357. The molecule has 0 aromatic heterocycles. The molecule has 0 aliphatic heterocycles. The Balaban J connectivity index is 3.51. The Labute approximate surface area is 164 Å². The van der Waals surface area contributed by atoms with E-state index in [2.05, 4.69) is 13.8 Å². The monoisotopic (exact) mass is 366 g/mol. The number of hydrogen-bond donors (Lipinski definition) is 0. The lowest BCUT2D eigenvalue weighted by Crippen LogP contribution is -2.09. The van der Waals surface area contributed by atoms with Crippen LogP contribution in [-0.4, -0.2) is 12.6 Å². The van der Waals surface area contributed by atoms with E-state index in [1.807, 2.05) is 13.8 Å². The smallest absolute Gasteiger partial charge is 0.333 e. The molecular weight excluding hydrogens is 320 g/mol. The molecule has 2 nitrogen and oxygen atoms in total. The lowest BCUT2D eigenvalue weighted by Gasteiger charge is -2.09. The molecule has 0 aliphatic rings. The highest BCUT2D eigenvalue weighted by Crippen LogP contribution is 2.18. The van der Waals surface area contributed by atoms with Crippen molar-refractivity contribution in [2.24, 2.45) is 0 Å². The third kappa shape index (κ3) is 14.4. The highest BCUT2D eigenvalue weighted by molar-refractivity contribution is 5.89. The number of unbranched alkanes of at least 4 members (excludes halogenated alkanes) is 13. The quantitative estimate of drug-likeness (QED) is 0.139. The number of allylic oxidation sites excluding steroid dienone is 1. The van der Waals surface area contributed by atoms with E-state index < -0.39 is 0 Å². The summed E-state index contributed by atoms with van der Waals surface area (Å²) in [4.78, 5) is 11.9. The van der Waals surface area contributed by atoms with Gasteiger partial charge in [0, 0.05) is 5.57 Å². The van der Waals surface area contributed by atoms with E-state index in [0.29, 0.717) is 6.61 Å². The fraction of sp³-hybridized carbons (Fsp3) is 0.875. The van der Waals surface area contributed by atoms with Gasteiger partial charge in [0.2, 0.25) is 0 Å². The minimum atomic E-state index is -0.113. The maximum atomic E-state index is 11.9. The van der Waals surface area contributed by atoms with Gasteiger partial charge in [-0.15, -0.1) is 0 Å². The molecule has 0 aromatic carbocycles. The molecule has 0 N–H and O–H groups in total. The van der Waals surface area contributed by atoms with E-state index in [9.17, 15) is 4.79 Å². The third-order valence-corrected chi connectivity index (χ3v) is 5.30.